The molecule has 1 saturated heterocycles. The average Bonchev–Trinajstić information content (AvgIpc) is 2.83. The first-order valence-electron chi connectivity index (χ1n) is 6.69. The third-order valence-electron chi connectivity index (χ3n) is 3.21. The van der Waals surface area contributed by atoms with Crippen molar-refractivity contribution in [2.75, 3.05) is 31.5 Å². The fourth-order valence-electron chi connectivity index (χ4n) is 2.29. The van der Waals surface area contributed by atoms with E-state index >= 15 is 0 Å². The van der Waals surface area contributed by atoms with E-state index in [1.54, 1.807) is 18.3 Å². The van der Waals surface area contributed by atoms with Gasteiger partial charge in [0.2, 0.25) is 0 Å². The van der Waals surface area contributed by atoms with Crippen LogP contribution < -0.4 is 11.1 Å². The van der Waals surface area contributed by atoms with Crippen LogP contribution in [0.5, 0.6) is 0 Å². The van der Waals surface area contributed by atoms with E-state index in [0.717, 1.165) is 0 Å². The third kappa shape index (κ3) is 6.77. The number of guanidine groups is 1. The van der Waals surface area contributed by atoms with Gasteiger partial charge < -0.3 is 11.1 Å². The molecule has 0 aliphatic carbocycles. The van der Waals surface area contributed by atoms with E-state index in [1.807, 2.05) is 6.07 Å². The molecule has 22 heavy (non-hydrogen) atoms. The van der Waals surface area contributed by atoms with Crippen LogP contribution in [0.3, 0.4) is 0 Å². The van der Waals surface area contributed by atoms with Crippen LogP contribution in [0.1, 0.15) is 6.42 Å². The molecule has 1 aromatic heterocycles. The second-order valence-electron chi connectivity index (χ2n) is 5.07. The fourth-order valence-corrected chi connectivity index (χ4v) is 2.29. The van der Waals surface area contributed by atoms with E-state index < -0.39 is 12.7 Å². The molecule has 124 valence electrons. The number of halogens is 4. The minimum absolute atomic E-state index is 0. The zero-order valence-corrected chi connectivity index (χ0v) is 14.2. The van der Waals surface area contributed by atoms with Gasteiger partial charge in [-0.3, -0.25) is 9.89 Å². The monoisotopic (exact) mass is 429 g/mol. The number of aliphatic imine (C=N–C) groups is 1. The van der Waals surface area contributed by atoms with E-state index in [4.69, 9.17) is 5.73 Å². The molecule has 0 spiro atoms. The molecule has 0 bridgehead atoms. The molecule has 1 fully saturated rings. The maximum atomic E-state index is 12.3. The van der Waals surface area contributed by atoms with Gasteiger partial charge in [0.25, 0.3) is 0 Å². The Hall–Kier alpha value is -1.10. The summed E-state index contributed by atoms with van der Waals surface area (Å²) in [7, 11) is 0. The number of nitrogens with one attached hydrogen (secondary N) is 1. The number of hydrogen-bond acceptors (Lipinski definition) is 3. The maximum Gasteiger partial charge on any atom is 0.401 e. The molecule has 1 aliphatic rings. The molecule has 3 N–H and O–H groups in total. The van der Waals surface area contributed by atoms with Gasteiger partial charge in [-0.25, -0.2) is 4.98 Å². The number of nitrogens with two attached hydrogens (primary N) is 1. The first-order valence-corrected chi connectivity index (χ1v) is 6.69. The number of alkyl halides is 3. The van der Waals surface area contributed by atoms with Gasteiger partial charge in [-0.2, -0.15) is 13.2 Å². The molecule has 0 amide bonds. The normalized spacial score (nSPS) is 19.8. The summed E-state index contributed by atoms with van der Waals surface area (Å²) in [5.74, 6) is 0.920. The lowest BCUT2D eigenvalue weighted by molar-refractivity contribution is -0.143. The average molecular weight is 429 g/mol. The number of hydrogen-bond donors (Lipinski definition) is 2. The summed E-state index contributed by atoms with van der Waals surface area (Å²) in [6, 6.07) is 5.35. The number of likely N-dealkylation sites (tertiary alicyclic amines) is 1. The molecule has 1 aliphatic heterocycles. The standard InChI is InChI=1S/C13H18F3N5.HI/c14-13(15,16)9-21-6-4-10(8-21)7-19-12(17)20-11-3-1-2-5-18-11;/h1-3,5,10H,4,6-9H2,(H3,17,18,19,20);1H. The van der Waals surface area contributed by atoms with Crippen molar-refractivity contribution in [3.8, 4) is 0 Å². The minimum Gasteiger partial charge on any atom is -0.370 e. The van der Waals surface area contributed by atoms with Crippen molar-refractivity contribution >= 4 is 35.8 Å². The van der Waals surface area contributed by atoms with Crippen molar-refractivity contribution in [3.63, 3.8) is 0 Å². The Morgan fingerprint density at radius 3 is 2.86 bits per heavy atom. The van der Waals surface area contributed by atoms with Crippen LogP contribution in [0.25, 0.3) is 0 Å². The highest BCUT2D eigenvalue weighted by Gasteiger charge is 2.34. The van der Waals surface area contributed by atoms with Gasteiger partial charge in [-0.1, -0.05) is 6.07 Å². The van der Waals surface area contributed by atoms with Crippen LogP contribution in [0.2, 0.25) is 0 Å². The lowest BCUT2D eigenvalue weighted by Crippen LogP contribution is -2.32. The van der Waals surface area contributed by atoms with Crippen molar-refractivity contribution in [2.24, 2.45) is 16.6 Å². The quantitative estimate of drug-likeness (QED) is 0.438. The van der Waals surface area contributed by atoms with Gasteiger partial charge in [0.15, 0.2) is 5.96 Å². The molecule has 9 heteroatoms. The van der Waals surface area contributed by atoms with Crippen LogP contribution in [0, 0.1) is 5.92 Å². The van der Waals surface area contributed by atoms with E-state index in [0.29, 0.717) is 31.9 Å². The van der Waals surface area contributed by atoms with Gasteiger partial charge in [-0.15, -0.1) is 24.0 Å². The number of rotatable bonds is 4. The molecule has 0 aromatic carbocycles. The second kappa shape index (κ2) is 8.51. The highest BCUT2D eigenvalue weighted by molar-refractivity contribution is 14.0. The summed E-state index contributed by atoms with van der Waals surface area (Å²) in [4.78, 5) is 9.62. The van der Waals surface area contributed by atoms with Crippen LogP contribution >= 0.6 is 24.0 Å². The summed E-state index contributed by atoms with van der Waals surface area (Å²) in [6.45, 7) is 0.419. The summed E-state index contributed by atoms with van der Waals surface area (Å²) < 4.78 is 36.9. The van der Waals surface area contributed by atoms with Gasteiger partial charge in [0.05, 0.1) is 6.54 Å². The summed E-state index contributed by atoms with van der Waals surface area (Å²) in [6.07, 6.45) is -1.81. The van der Waals surface area contributed by atoms with Crippen molar-refractivity contribution in [1.82, 2.24) is 9.88 Å². The van der Waals surface area contributed by atoms with Crippen LogP contribution in [-0.2, 0) is 0 Å². The first kappa shape index (κ1) is 18.9. The number of nitrogens with zero attached hydrogens (tertiary/aromatic N) is 3. The Labute approximate surface area is 144 Å². The Bertz CT molecular complexity index is 480. The lowest BCUT2D eigenvalue weighted by Gasteiger charge is -2.17. The maximum absolute atomic E-state index is 12.3. The summed E-state index contributed by atoms with van der Waals surface area (Å²) >= 11 is 0. The van der Waals surface area contributed by atoms with E-state index in [-0.39, 0.29) is 35.9 Å². The van der Waals surface area contributed by atoms with Crippen LogP contribution in [0.15, 0.2) is 29.4 Å². The van der Waals surface area contributed by atoms with Crippen molar-refractivity contribution in [1.29, 1.82) is 0 Å². The summed E-state index contributed by atoms with van der Waals surface area (Å²) in [5.41, 5.74) is 5.73. The molecule has 1 unspecified atom stereocenters. The SMILES string of the molecule is I.NC(=NCC1CCN(CC(F)(F)F)C1)Nc1ccccn1. The molecular formula is C13H19F3IN5. The predicted octanol–water partition coefficient (Wildman–Crippen LogP) is 2.31. The zero-order chi connectivity index (χ0) is 15.3. The topological polar surface area (TPSA) is 66.5 Å². The van der Waals surface area contributed by atoms with Gasteiger partial charge in [-0.05, 0) is 31.0 Å². The first-order chi connectivity index (χ1) is 9.92. The van der Waals surface area contributed by atoms with Gasteiger partial charge in [0.1, 0.15) is 5.82 Å². The molecule has 0 radical (unpaired) electrons. The Kier molecular flexibility index (Phi) is 7.33. The highest BCUT2D eigenvalue weighted by Crippen LogP contribution is 2.22. The van der Waals surface area contributed by atoms with Crippen molar-refractivity contribution < 1.29 is 13.2 Å². The molecular weight excluding hydrogens is 410 g/mol. The Balaban J connectivity index is 0.00000242. The molecule has 1 aromatic rings. The van der Waals surface area contributed by atoms with Crippen molar-refractivity contribution in [3.05, 3.63) is 24.4 Å². The molecule has 2 rings (SSSR count). The number of aromatic nitrogens is 1. The highest BCUT2D eigenvalue weighted by atomic mass is 127. The Morgan fingerprint density at radius 2 is 2.23 bits per heavy atom. The van der Waals surface area contributed by atoms with E-state index in [9.17, 15) is 13.2 Å². The third-order valence-corrected chi connectivity index (χ3v) is 3.21. The van der Waals surface area contributed by atoms with Crippen LogP contribution in [-0.4, -0.2) is 48.2 Å². The second-order valence-corrected chi connectivity index (χ2v) is 5.07. The molecule has 0 saturated carbocycles. The van der Waals surface area contributed by atoms with E-state index in [2.05, 4.69) is 15.3 Å². The van der Waals surface area contributed by atoms with Gasteiger partial charge in [0, 0.05) is 19.3 Å². The Morgan fingerprint density at radius 1 is 1.45 bits per heavy atom. The fraction of sp³-hybridized carbons (Fsp3) is 0.538. The summed E-state index contributed by atoms with van der Waals surface area (Å²) in [5, 5.41) is 2.84. The minimum atomic E-state index is -4.14. The van der Waals surface area contributed by atoms with Gasteiger partial charge >= 0.3 is 6.18 Å². The largest absolute Gasteiger partial charge is 0.401 e. The number of anilines is 1. The lowest BCUT2D eigenvalue weighted by atomic mass is 10.1. The zero-order valence-electron chi connectivity index (χ0n) is 11.9. The molecule has 2 heterocycles. The number of pyridine rings is 1. The van der Waals surface area contributed by atoms with Crippen molar-refractivity contribution in [2.45, 2.75) is 12.6 Å². The van der Waals surface area contributed by atoms with E-state index in [1.165, 1.54) is 4.90 Å². The molecule has 5 nitrogen and oxygen atoms in total. The smallest absolute Gasteiger partial charge is 0.370 e. The van der Waals surface area contributed by atoms with Crippen LogP contribution in [0.4, 0.5) is 19.0 Å². The predicted molar refractivity (Wildman–Crippen MR) is 90.4 cm³/mol. The molecule has 1 atom stereocenters.